The van der Waals surface area contributed by atoms with E-state index >= 15 is 4.79 Å². The molecular formula is C69H92N6O16. The van der Waals surface area contributed by atoms with Crippen LogP contribution in [0.5, 0.6) is 23.0 Å². The number of unbranched alkanes of at least 4 members (excludes halogenated alkanes) is 1. The molecule has 3 N–H and O–H groups in total. The van der Waals surface area contributed by atoms with Crippen molar-refractivity contribution in [3.8, 4) is 23.0 Å². The molecule has 0 aliphatic carbocycles. The molecule has 5 atom stereocenters. The SMILES string of the molecule is CCCC[C@H]1C(=O)N[C@@H](Cc2ccc3ccccc3c2)C(=O)N(C)[C@@H](COC(C)(C)C)C(=O)NCC(=O)N(C)CCCC/C=C/C(=O)OCC(C)(C)C(=O)C(=O)N2CCCC[C@H]2C(=O)O[C@H](CCc2cc(OC)c(OC)cc2O)c2cccc(c2)OCC(=O)N1C. The Morgan fingerprint density at radius 2 is 1.46 bits per heavy atom. The molecule has 2 bridgehead atoms. The number of likely N-dealkylation sites (N-methyl/N-ethyl adjacent to an activating group) is 3. The number of cyclic esters (lactones) is 2. The lowest BCUT2D eigenvalue weighted by atomic mass is 9.87. The van der Waals surface area contributed by atoms with Gasteiger partial charge in [0.1, 0.15) is 48.4 Å². The Balaban J connectivity index is 1.34. The number of nitrogens with zero attached hydrogens (tertiary/aromatic N) is 4. The zero-order valence-electron chi connectivity index (χ0n) is 54.6. The molecule has 494 valence electrons. The lowest BCUT2D eigenvalue weighted by Crippen LogP contribution is -2.59. The highest BCUT2D eigenvalue weighted by atomic mass is 16.5. The summed E-state index contributed by atoms with van der Waals surface area (Å²) >= 11 is 0. The lowest BCUT2D eigenvalue weighted by Gasteiger charge is -2.36. The summed E-state index contributed by atoms with van der Waals surface area (Å²) in [5.41, 5.74) is -0.663. The number of rotatable bonds is 12. The van der Waals surface area contributed by atoms with E-state index in [1.165, 1.54) is 73.9 Å². The summed E-state index contributed by atoms with van der Waals surface area (Å²) in [6.45, 7) is 9.05. The molecular weight excluding hydrogens is 1170 g/mol. The fourth-order valence-electron chi connectivity index (χ4n) is 10.7. The average molecular weight is 1260 g/mol. The second kappa shape index (κ2) is 33.5. The van der Waals surface area contributed by atoms with E-state index in [9.17, 15) is 43.5 Å². The molecule has 2 aliphatic heterocycles. The molecule has 0 saturated carbocycles. The number of ether oxygens (including phenoxy) is 6. The Bertz CT molecular complexity index is 3250. The van der Waals surface area contributed by atoms with E-state index < -0.39 is 114 Å². The van der Waals surface area contributed by atoms with Crippen LogP contribution in [0.4, 0.5) is 0 Å². The molecule has 0 unspecified atom stereocenters. The highest BCUT2D eigenvalue weighted by Crippen LogP contribution is 2.37. The van der Waals surface area contributed by atoms with Crippen LogP contribution in [-0.4, -0.2) is 182 Å². The van der Waals surface area contributed by atoms with Gasteiger partial charge in [-0.15, -0.1) is 0 Å². The van der Waals surface area contributed by atoms with Crippen LogP contribution in [0.15, 0.2) is 91.0 Å². The van der Waals surface area contributed by atoms with Crippen molar-refractivity contribution in [1.82, 2.24) is 30.2 Å². The van der Waals surface area contributed by atoms with Crippen LogP contribution < -0.4 is 24.8 Å². The van der Waals surface area contributed by atoms with Crippen LogP contribution in [0.2, 0.25) is 0 Å². The third kappa shape index (κ3) is 20.5. The van der Waals surface area contributed by atoms with Crippen molar-refractivity contribution in [2.45, 2.75) is 154 Å². The van der Waals surface area contributed by atoms with Crippen molar-refractivity contribution in [3.63, 3.8) is 0 Å². The Labute approximate surface area is 534 Å². The second-order valence-electron chi connectivity index (χ2n) is 24.9. The summed E-state index contributed by atoms with van der Waals surface area (Å²) in [5.74, 6) is -5.51. The van der Waals surface area contributed by atoms with Gasteiger partial charge in [-0.1, -0.05) is 80.4 Å². The number of fused-ring (bicyclic) bond motifs is 4. The number of ketones is 1. The van der Waals surface area contributed by atoms with E-state index in [-0.39, 0.29) is 56.8 Å². The first-order chi connectivity index (χ1) is 43.2. The van der Waals surface area contributed by atoms with E-state index in [1.54, 1.807) is 64.2 Å². The minimum Gasteiger partial charge on any atom is -0.508 e. The number of hydrogen-bond acceptors (Lipinski definition) is 16. The van der Waals surface area contributed by atoms with Crippen molar-refractivity contribution in [3.05, 3.63) is 108 Å². The lowest BCUT2D eigenvalue weighted by molar-refractivity contribution is -0.165. The summed E-state index contributed by atoms with van der Waals surface area (Å²) in [4.78, 5) is 133. The van der Waals surface area contributed by atoms with E-state index in [2.05, 4.69) is 10.6 Å². The number of methoxy groups -OCH3 is 2. The van der Waals surface area contributed by atoms with E-state index in [0.29, 0.717) is 79.7 Å². The van der Waals surface area contributed by atoms with Crippen molar-refractivity contribution in [1.29, 1.82) is 0 Å². The number of phenols is 1. The molecule has 91 heavy (non-hydrogen) atoms. The molecule has 4 aromatic carbocycles. The molecule has 1 saturated heterocycles. The van der Waals surface area contributed by atoms with Crippen LogP contribution >= 0.6 is 0 Å². The molecule has 1 fully saturated rings. The summed E-state index contributed by atoms with van der Waals surface area (Å²) in [5, 5.41) is 18.6. The van der Waals surface area contributed by atoms with Gasteiger partial charge in [0.15, 0.2) is 18.1 Å². The number of carbonyl (C=O) groups is 9. The maximum Gasteiger partial charge on any atom is 0.330 e. The summed E-state index contributed by atoms with van der Waals surface area (Å²) < 4.78 is 35.0. The van der Waals surface area contributed by atoms with Gasteiger partial charge in [-0.2, -0.15) is 0 Å². The number of amides is 6. The Morgan fingerprint density at radius 3 is 2.18 bits per heavy atom. The molecule has 4 aromatic rings. The maximum absolute atomic E-state index is 15.1. The molecule has 2 aliphatic rings. The van der Waals surface area contributed by atoms with E-state index in [0.717, 1.165) is 10.8 Å². The Hall–Kier alpha value is -8.53. The number of piperidine rings is 1. The van der Waals surface area contributed by atoms with Gasteiger partial charge in [-0.05, 0) is 138 Å². The smallest absolute Gasteiger partial charge is 0.330 e. The monoisotopic (exact) mass is 1260 g/mol. The highest BCUT2D eigenvalue weighted by molar-refractivity contribution is 6.38. The summed E-state index contributed by atoms with van der Waals surface area (Å²) in [7, 11) is 7.41. The third-order valence-corrected chi connectivity index (χ3v) is 16.4. The first kappa shape index (κ1) is 71.5. The molecule has 0 spiro atoms. The van der Waals surface area contributed by atoms with Crippen LogP contribution in [0.1, 0.15) is 129 Å². The number of nitrogens with one attached hydrogen (secondary N) is 2. The minimum atomic E-state index is -1.49. The molecule has 22 nitrogen and oxygen atoms in total. The Kier molecular flexibility index (Phi) is 26.3. The van der Waals surface area contributed by atoms with Crippen LogP contribution in [-0.2, 0) is 70.2 Å². The molecule has 2 heterocycles. The van der Waals surface area contributed by atoms with Gasteiger partial charge in [0.05, 0.1) is 38.4 Å². The van der Waals surface area contributed by atoms with Crippen LogP contribution in [0, 0.1) is 5.41 Å². The van der Waals surface area contributed by atoms with Gasteiger partial charge in [-0.3, -0.25) is 33.6 Å². The largest absolute Gasteiger partial charge is 0.508 e. The zero-order valence-corrected chi connectivity index (χ0v) is 54.6. The number of phenolic OH excluding ortho intramolecular Hbond substituents is 1. The topological polar surface area (TPSA) is 266 Å². The van der Waals surface area contributed by atoms with Crippen molar-refractivity contribution < 1.29 is 76.7 Å². The maximum atomic E-state index is 15.1. The number of hydrogen-bond donors (Lipinski definition) is 3. The summed E-state index contributed by atoms with van der Waals surface area (Å²) in [6, 6.07) is 18.2. The predicted octanol–water partition coefficient (Wildman–Crippen LogP) is 7.38. The quantitative estimate of drug-likeness (QED) is 0.0922. The molecule has 22 heteroatoms. The average Bonchev–Trinajstić information content (AvgIpc) is 1.15. The summed E-state index contributed by atoms with van der Waals surface area (Å²) in [6.07, 6.45) is 6.18. The van der Waals surface area contributed by atoms with Gasteiger partial charge in [0, 0.05) is 52.8 Å². The van der Waals surface area contributed by atoms with Gasteiger partial charge < -0.3 is 63.8 Å². The Morgan fingerprint density at radius 1 is 0.747 bits per heavy atom. The number of benzene rings is 4. The normalized spacial score (nSPS) is 21.9. The van der Waals surface area contributed by atoms with Crippen molar-refractivity contribution >= 4 is 63.9 Å². The zero-order chi connectivity index (χ0) is 66.6. The van der Waals surface area contributed by atoms with E-state index in [4.69, 9.17) is 28.4 Å². The fourth-order valence-corrected chi connectivity index (χ4v) is 10.7. The fraction of sp³-hybridized carbons (Fsp3) is 0.522. The first-order valence-corrected chi connectivity index (χ1v) is 31.3. The van der Waals surface area contributed by atoms with Crippen molar-refractivity contribution in [2.75, 3.05) is 74.8 Å². The number of allylic oxidation sites excluding steroid dienone is 1. The van der Waals surface area contributed by atoms with Gasteiger partial charge >= 0.3 is 11.9 Å². The first-order valence-electron chi connectivity index (χ1n) is 31.3. The van der Waals surface area contributed by atoms with Gasteiger partial charge in [0.25, 0.3) is 11.8 Å². The van der Waals surface area contributed by atoms with Crippen LogP contribution in [0.25, 0.3) is 10.8 Å². The molecule has 6 rings (SSSR count). The number of carbonyl (C=O) groups excluding carboxylic acids is 9. The second-order valence-corrected chi connectivity index (χ2v) is 24.9. The third-order valence-electron chi connectivity index (χ3n) is 16.4. The van der Waals surface area contributed by atoms with Gasteiger partial charge in [0.2, 0.25) is 29.4 Å². The minimum absolute atomic E-state index is 0.00417. The van der Waals surface area contributed by atoms with Gasteiger partial charge in [-0.25, -0.2) is 9.59 Å². The van der Waals surface area contributed by atoms with Crippen LogP contribution in [0.3, 0.4) is 0 Å². The number of aromatic hydroxyl groups is 1. The standard InChI is InChI=1S/C69H92N6O16/c1-12-13-27-52-64(82)71-51(37-45-30-31-46-23-17-18-24-47(46)36-45)65(83)74(9)54(42-90-68(2,3)4)63(81)70-41-59(77)72(7)34-20-15-14-16-29-61(79)89-44-69(5,6)62(80)66(84)75-35-21-19-28-53(75)67(85)91-56(33-32-48-39-57(86-10)58(87-11)40-55(48)76)49-25-22-26-50(38-49)88-43-60(78)73(52)8/h16-18,22-26,29-31,36,38-40,51-54,56,76H,12-15,19-21,27-28,32-35,37,41-44H2,1-11H3,(H,70,81)(H,71,82)/b29-16+/t51-,52-,53-,54-,56+/m0/s1. The number of Topliss-reactive ketones (excluding diaryl/α,β-unsaturated/α-hetero) is 1. The molecule has 0 radical (unpaired) electrons. The predicted molar refractivity (Wildman–Crippen MR) is 341 cm³/mol. The molecule has 6 amide bonds. The number of esters is 2. The molecule has 0 aromatic heterocycles. The van der Waals surface area contributed by atoms with E-state index in [1.807, 2.05) is 49.4 Å². The number of aryl methyl sites for hydroxylation is 1. The highest BCUT2D eigenvalue weighted by Gasteiger charge is 2.43. The van der Waals surface area contributed by atoms with Crippen molar-refractivity contribution in [2.24, 2.45) is 5.41 Å².